The third kappa shape index (κ3) is 3.48. The molecule has 1 aromatic heterocycles. The van der Waals surface area contributed by atoms with Crippen LogP contribution in [-0.2, 0) is 9.59 Å². The molecule has 4 heteroatoms. The summed E-state index contributed by atoms with van der Waals surface area (Å²) >= 11 is 0. The van der Waals surface area contributed by atoms with Crippen molar-refractivity contribution in [2.75, 3.05) is 0 Å². The first-order valence-electron chi connectivity index (χ1n) is 10.6. The number of hydrogen-bond acceptors (Lipinski definition) is 3. The van der Waals surface area contributed by atoms with Gasteiger partial charge in [0, 0.05) is 23.1 Å². The van der Waals surface area contributed by atoms with E-state index in [1.807, 2.05) is 60.7 Å². The van der Waals surface area contributed by atoms with Gasteiger partial charge in [0.1, 0.15) is 23.2 Å². The second kappa shape index (κ2) is 7.51. The number of Topliss-reactive ketones (excluding diaryl/α,β-unsaturated/α-hetero) is 1. The van der Waals surface area contributed by atoms with Gasteiger partial charge in [-0.15, -0.1) is 0 Å². The Morgan fingerprint density at radius 1 is 0.966 bits per heavy atom. The molecule has 1 amide bonds. The Morgan fingerprint density at radius 3 is 2.38 bits per heavy atom. The SMILES string of the molecule is O=C(NC(c1ccccc1)c1cc2ccccc2o1)C1CC2CCCC(C1)C2=O. The highest BCUT2D eigenvalue weighted by Gasteiger charge is 2.41. The molecular formula is C25H25NO3. The van der Waals surface area contributed by atoms with E-state index in [0.29, 0.717) is 18.6 Å². The molecule has 2 bridgehead atoms. The highest BCUT2D eigenvalue weighted by molar-refractivity contribution is 5.88. The first kappa shape index (κ1) is 18.2. The minimum absolute atomic E-state index is 0.0312. The highest BCUT2D eigenvalue weighted by atomic mass is 16.3. The molecule has 29 heavy (non-hydrogen) atoms. The molecule has 5 rings (SSSR count). The van der Waals surface area contributed by atoms with Crippen LogP contribution in [0.4, 0.5) is 0 Å². The predicted octanol–water partition coefficient (Wildman–Crippen LogP) is 5.03. The first-order chi connectivity index (χ1) is 14.2. The molecule has 1 N–H and O–H groups in total. The van der Waals surface area contributed by atoms with Crippen LogP contribution in [0.2, 0.25) is 0 Å². The van der Waals surface area contributed by atoms with Crippen LogP contribution in [0.1, 0.15) is 49.5 Å². The van der Waals surface area contributed by atoms with Crippen molar-refractivity contribution in [3.8, 4) is 0 Å². The Balaban J connectivity index is 1.43. The van der Waals surface area contributed by atoms with Gasteiger partial charge in [0.15, 0.2) is 0 Å². The molecule has 2 saturated carbocycles. The summed E-state index contributed by atoms with van der Waals surface area (Å²) < 4.78 is 6.10. The van der Waals surface area contributed by atoms with Crippen LogP contribution in [0.3, 0.4) is 0 Å². The van der Waals surface area contributed by atoms with Gasteiger partial charge in [-0.1, -0.05) is 55.0 Å². The topological polar surface area (TPSA) is 59.3 Å². The van der Waals surface area contributed by atoms with Gasteiger partial charge in [0.25, 0.3) is 0 Å². The summed E-state index contributed by atoms with van der Waals surface area (Å²) in [5.74, 6) is 1.19. The summed E-state index contributed by atoms with van der Waals surface area (Å²) in [4.78, 5) is 25.6. The summed E-state index contributed by atoms with van der Waals surface area (Å²) in [5.41, 5.74) is 1.81. The van der Waals surface area contributed by atoms with Gasteiger partial charge in [-0.2, -0.15) is 0 Å². The van der Waals surface area contributed by atoms with E-state index >= 15 is 0 Å². The Hall–Kier alpha value is -2.88. The molecule has 0 aliphatic heterocycles. The van der Waals surface area contributed by atoms with E-state index in [-0.39, 0.29) is 29.7 Å². The maximum Gasteiger partial charge on any atom is 0.224 e. The minimum Gasteiger partial charge on any atom is -0.459 e. The van der Waals surface area contributed by atoms with E-state index in [1.54, 1.807) is 0 Å². The lowest BCUT2D eigenvalue weighted by molar-refractivity contribution is -0.137. The van der Waals surface area contributed by atoms with Gasteiger partial charge < -0.3 is 9.73 Å². The Kier molecular flexibility index (Phi) is 4.70. The van der Waals surface area contributed by atoms with Crippen molar-refractivity contribution in [1.29, 1.82) is 0 Å². The number of hydrogen-bond donors (Lipinski definition) is 1. The molecule has 3 unspecified atom stereocenters. The standard InChI is InChI=1S/C25H25NO3/c27-24-18-10-6-11-19(24)14-20(13-18)25(28)26-23(16-7-2-1-3-8-16)22-15-17-9-4-5-12-21(17)29-22/h1-5,7-9,12,15,18-20,23H,6,10-11,13-14H2,(H,26,28). The summed E-state index contributed by atoms with van der Waals surface area (Å²) in [5, 5.41) is 4.26. The van der Waals surface area contributed by atoms with Crippen molar-refractivity contribution < 1.29 is 14.0 Å². The van der Waals surface area contributed by atoms with Crippen molar-refractivity contribution >= 4 is 22.7 Å². The van der Waals surface area contributed by atoms with Crippen molar-refractivity contribution in [3.05, 3.63) is 72.0 Å². The molecule has 4 nitrogen and oxygen atoms in total. The molecule has 2 aromatic carbocycles. The summed E-state index contributed by atoms with van der Waals surface area (Å²) in [6.45, 7) is 0. The van der Waals surface area contributed by atoms with E-state index in [2.05, 4.69) is 5.32 Å². The fourth-order valence-corrected chi connectivity index (χ4v) is 5.06. The summed E-state index contributed by atoms with van der Waals surface area (Å²) in [6, 6.07) is 19.5. The van der Waals surface area contributed by atoms with E-state index in [4.69, 9.17) is 4.42 Å². The molecular weight excluding hydrogens is 362 g/mol. The van der Waals surface area contributed by atoms with Crippen molar-refractivity contribution in [2.45, 2.75) is 38.1 Å². The number of rotatable bonds is 4. The van der Waals surface area contributed by atoms with Gasteiger partial charge in [-0.25, -0.2) is 0 Å². The number of fused-ring (bicyclic) bond motifs is 3. The van der Waals surface area contributed by atoms with Crippen LogP contribution in [0, 0.1) is 17.8 Å². The number of amides is 1. The van der Waals surface area contributed by atoms with E-state index in [1.165, 1.54) is 0 Å². The van der Waals surface area contributed by atoms with Crippen LogP contribution in [0.25, 0.3) is 11.0 Å². The minimum atomic E-state index is -0.339. The molecule has 2 fully saturated rings. The van der Waals surface area contributed by atoms with Crippen LogP contribution in [0.5, 0.6) is 0 Å². The molecule has 3 atom stereocenters. The molecule has 0 spiro atoms. The van der Waals surface area contributed by atoms with Gasteiger partial charge in [-0.3, -0.25) is 9.59 Å². The molecule has 2 aliphatic carbocycles. The third-order valence-corrected chi connectivity index (χ3v) is 6.57. The largest absolute Gasteiger partial charge is 0.459 e. The molecule has 0 radical (unpaired) electrons. The lowest BCUT2D eigenvalue weighted by Gasteiger charge is -2.37. The zero-order chi connectivity index (χ0) is 19.8. The fraction of sp³-hybridized carbons (Fsp3) is 0.360. The molecule has 148 valence electrons. The zero-order valence-corrected chi connectivity index (χ0v) is 16.3. The average Bonchev–Trinajstić information content (AvgIpc) is 3.16. The quantitative estimate of drug-likeness (QED) is 0.683. The lowest BCUT2D eigenvalue weighted by Crippen LogP contribution is -2.43. The van der Waals surface area contributed by atoms with Crippen LogP contribution in [-0.4, -0.2) is 11.7 Å². The monoisotopic (exact) mass is 387 g/mol. The Bertz CT molecular complexity index is 989. The summed E-state index contributed by atoms with van der Waals surface area (Å²) in [6.07, 6.45) is 4.35. The number of nitrogens with one attached hydrogen (secondary N) is 1. The molecule has 2 aliphatic rings. The third-order valence-electron chi connectivity index (χ3n) is 6.57. The number of furan rings is 1. The number of para-hydroxylation sites is 1. The van der Waals surface area contributed by atoms with Gasteiger partial charge >= 0.3 is 0 Å². The molecule has 0 saturated heterocycles. The van der Waals surface area contributed by atoms with E-state index < -0.39 is 0 Å². The first-order valence-corrected chi connectivity index (χ1v) is 10.6. The summed E-state index contributed by atoms with van der Waals surface area (Å²) in [7, 11) is 0. The van der Waals surface area contributed by atoms with Crippen LogP contribution >= 0.6 is 0 Å². The van der Waals surface area contributed by atoms with Gasteiger partial charge in [-0.05, 0) is 43.4 Å². The van der Waals surface area contributed by atoms with Crippen molar-refractivity contribution in [2.24, 2.45) is 17.8 Å². The zero-order valence-electron chi connectivity index (χ0n) is 16.3. The molecule has 3 aromatic rings. The maximum absolute atomic E-state index is 13.2. The number of benzene rings is 2. The second-order valence-electron chi connectivity index (χ2n) is 8.43. The normalized spacial score (nSPS) is 25.0. The van der Waals surface area contributed by atoms with Crippen molar-refractivity contribution in [1.82, 2.24) is 5.32 Å². The lowest BCUT2D eigenvalue weighted by atomic mass is 9.67. The second-order valence-corrected chi connectivity index (χ2v) is 8.43. The Labute approximate surface area is 170 Å². The molecule has 1 heterocycles. The van der Waals surface area contributed by atoms with E-state index in [0.717, 1.165) is 41.6 Å². The van der Waals surface area contributed by atoms with Crippen LogP contribution < -0.4 is 5.32 Å². The maximum atomic E-state index is 13.2. The number of carbonyl (C=O) groups is 2. The van der Waals surface area contributed by atoms with Crippen LogP contribution in [0.15, 0.2) is 65.1 Å². The fourth-order valence-electron chi connectivity index (χ4n) is 5.06. The number of carbonyl (C=O) groups excluding carboxylic acids is 2. The number of ketones is 1. The smallest absolute Gasteiger partial charge is 0.224 e. The Morgan fingerprint density at radius 2 is 1.66 bits per heavy atom. The van der Waals surface area contributed by atoms with Gasteiger partial charge in [0.05, 0.1) is 0 Å². The highest BCUT2D eigenvalue weighted by Crippen LogP contribution is 2.40. The average molecular weight is 387 g/mol. The van der Waals surface area contributed by atoms with Crippen molar-refractivity contribution in [3.63, 3.8) is 0 Å². The van der Waals surface area contributed by atoms with E-state index in [9.17, 15) is 9.59 Å². The predicted molar refractivity (Wildman–Crippen MR) is 111 cm³/mol. The van der Waals surface area contributed by atoms with Gasteiger partial charge in [0.2, 0.25) is 5.91 Å².